The van der Waals surface area contributed by atoms with Gasteiger partial charge in [-0.15, -0.1) is 0 Å². The summed E-state index contributed by atoms with van der Waals surface area (Å²) in [6.07, 6.45) is 4.36. The van der Waals surface area contributed by atoms with E-state index in [0.717, 1.165) is 22.8 Å². The third kappa shape index (κ3) is 4.16. The van der Waals surface area contributed by atoms with Crippen LogP contribution < -0.4 is 20.3 Å². The quantitative estimate of drug-likeness (QED) is 0.511. The number of nitrogens with zero attached hydrogens (tertiary/aromatic N) is 4. The average Bonchev–Trinajstić information content (AvgIpc) is 3.33. The van der Waals surface area contributed by atoms with Gasteiger partial charge in [0.15, 0.2) is 5.96 Å². The minimum atomic E-state index is -0.0269. The molecule has 1 amide bonds. The van der Waals surface area contributed by atoms with E-state index in [4.69, 9.17) is 4.74 Å². The molecule has 0 saturated carbocycles. The second-order valence-electron chi connectivity index (χ2n) is 6.88. The molecular formula is C21H24N6O2. The zero-order valence-corrected chi connectivity index (χ0v) is 16.5. The van der Waals surface area contributed by atoms with Gasteiger partial charge in [-0.1, -0.05) is 12.1 Å². The van der Waals surface area contributed by atoms with Gasteiger partial charge < -0.3 is 24.7 Å². The molecule has 0 bridgehead atoms. The van der Waals surface area contributed by atoms with Gasteiger partial charge in [-0.2, -0.15) is 0 Å². The molecule has 0 radical (unpaired) electrons. The highest BCUT2D eigenvalue weighted by molar-refractivity contribution is 5.97. The number of hydrogen-bond donors (Lipinski definition) is 2. The second-order valence-corrected chi connectivity index (χ2v) is 6.88. The van der Waals surface area contributed by atoms with E-state index in [9.17, 15) is 4.79 Å². The number of anilines is 1. The topological polar surface area (TPSA) is 83.3 Å². The fourth-order valence-electron chi connectivity index (χ4n) is 3.47. The van der Waals surface area contributed by atoms with Crippen LogP contribution in [0.25, 0.3) is 5.65 Å². The van der Waals surface area contributed by atoms with Crippen LogP contribution in [0.15, 0.2) is 59.9 Å². The predicted octanol–water partition coefficient (Wildman–Crippen LogP) is 1.81. The van der Waals surface area contributed by atoms with Crippen molar-refractivity contribution in [3.05, 3.63) is 60.6 Å². The molecule has 1 aromatic carbocycles. The maximum atomic E-state index is 12.5. The number of ether oxygens (including phenoxy) is 1. The van der Waals surface area contributed by atoms with Crippen molar-refractivity contribution in [2.45, 2.75) is 19.0 Å². The second kappa shape index (κ2) is 8.22. The van der Waals surface area contributed by atoms with Crippen LogP contribution >= 0.6 is 0 Å². The monoisotopic (exact) mass is 392 g/mol. The van der Waals surface area contributed by atoms with Crippen molar-refractivity contribution >= 4 is 23.2 Å². The van der Waals surface area contributed by atoms with E-state index < -0.39 is 0 Å². The van der Waals surface area contributed by atoms with E-state index in [1.54, 1.807) is 19.1 Å². The fourth-order valence-corrected chi connectivity index (χ4v) is 3.47. The van der Waals surface area contributed by atoms with E-state index in [-0.39, 0.29) is 11.9 Å². The van der Waals surface area contributed by atoms with Crippen molar-refractivity contribution in [1.82, 2.24) is 20.0 Å². The third-order valence-corrected chi connectivity index (χ3v) is 4.91. The first kappa shape index (κ1) is 18.8. The molecule has 0 spiro atoms. The van der Waals surface area contributed by atoms with Crippen LogP contribution in [0, 0.1) is 0 Å². The predicted molar refractivity (Wildman–Crippen MR) is 112 cm³/mol. The molecule has 2 aromatic heterocycles. The summed E-state index contributed by atoms with van der Waals surface area (Å²) in [5.41, 5.74) is 2.66. The molecule has 0 aliphatic carbocycles. The average molecular weight is 392 g/mol. The molecule has 1 aliphatic heterocycles. The van der Waals surface area contributed by atoms with E-state index in [1.807, 2.05) is 59.3 Å². The van der Waals surface area contributed by atoms with Crippen LogP contribution in [0.1, 0.15) is 12.1 Å². The van der Waals surface area contributed by atoms with Gasteiger partial charge in [0.1, 0.15) is 11.4 Å². The van der Waals surface area contributed by atoms with E-state index >= 15 is 0 Å². The van der Waals surface area contributed by atoms with Crippen molar-refractivity contribution in [2.24, 2.45) is 4.99 Å². The molecule has 3 heterocycles. The third-order valence-electron chi connectivity index (χ3n) is 4.91. The Kier molecular flexibility index (Phi) is 5.33. The Morgan fingerprint density at radius 3 is 3.00 bits per heavy atom. The van der Waals surface area contributed by atoms with Crippen LogP contribution in [0.2, 0.25) is 0 Å². The summed E-state index contributed by atoms with van der Waals surface area (Å²) < 4.78 is 7.24. The molecule has 1 atom stereocenters. The van der Waals surface area contributed by atoms with Crippen LogP contribution in [-0.2, 0) is 11.3 Å². The molecule has 1 unspecified atom stereocenters. The molecule has 2 N–H and O–H groups in total. The number of aromatic nitrogens is 2. The summed E-state index contributed by atoms with van der Waals surface area (Å²) >= 11 is 0. The summed E-state index contributed by atoms with van der Waals surface area (Å²) in [4.78, 5) is 23.1. The van der Waals surface area contributed by atoms with Crippen molar-refractivity contribution in [3.8, 4) is 5.75 Å². The van der Waals surface area contributed by atoms with Crippen molar-refractivity contribution in [1.29, 1.82) is 0 Å². The highest BCUT2D eigenvalue weighted by atomic mass is 16.5. The number of guanidine groups is 1. The van der Waals surface area contributed by atoms with Gasteiger partial charge in [0.05, 0.1) is 25.4 Å². The van der Waals surface area contributed by atoms with Crippen LogP contribution in [-0.4, -0.2) is 48.0 Å². The molecule has 1 fully saturated rings. The molecule has 1 aliphatic rings. The Balaban J connectivity index is 1.36. The largest absolute Gasteiger partial charge is 0.497 e. The first-order valence-electron chi connectivity index (χ1n) is 9.50. The maximum absolute atomic E-state index is 12.5. The number of hydrogen-bond acceptors (Lipinski definition) is 4. The van der Waals surface area contributed by atoms with Crippen molar-refractivity contribution in [2.75, 3.05) is 25.6 Å². The van der Waals surface area contributed by atoms with E-state index in [1.165, 1.54) is 0 Å². The first-order valence-corrected chi connectivity index (χ1v) is 9.50. The number of carbonyl (C=O) groups excluding carboxylic acids is 1. The van der Waals surface area contributed by atoms with Crippen LogP contribution in [0.4, 0.5) is 5.69 Å². The number of nitrogens with one attached hydrogen (secondary N) is 2. The molecule has 3 aromatic rings. The van der Waals surface area contributed by atoms with Crippen LogP contribution in [0.5, 0.6) is 5.75 Å². The lowest BCUT2D eigenvalue weighted by Gasteiger charge is -2.19. The van der Waals surface area contributed by atoms with Gasteiger partial charge in [-0.25, -0.2) is 4.98 Å². The highest BCUT2D eigenvalue weighted by Crippen LogP contribution is 2.25. The summed E-state index contributed by atoms with van der Waals surface area (Å²) in [7, 11) is 3.34. The van der Waals surface area contributed by atoms with Gasteiger partial charge in [0.2, 0.25) is 5.91 Å². The zero-order valence-electron chi connectivity index (χ0n) is 16.5. The number of rotatable bonds is 5. The number of fused-ring (bicyclic) bond motifs is 1. The minimum absolute atomic E-state index is 0.0269. The number of amides is 1. The van der Waals surface area contributed by atoms with E-state index in [2.05, 4.69) is 20.6 Å². The summed E-state index contributed by atoms with van der Waals surface area (Å²) in [6, 6.07) is 13.4. The molecule has 4 rings (SSSR count). The first-order chi connectivity index (χ1) is 14.2. The smallest absolute Gasteiger partial charge is 0.229 e. The number of pyridine rings is 1. The Bertz CT molecular complexity index is 1010. The Labute approximate surface area is 169 Å². The standard InChI is InChI=1S/C21H24N6O2/c1-22-21(23-12-16-13-26-9-4-3-8-19(26)24-16)25-15-10-20(28)27(14-15)17-6-5-7-18(11-17)29-2/h3-9,11,13,15H,10,12,14H2,1-2H3,(H2,22,23,25). The molecule has 8 nitrogen and oxygen atoms in total. The van der Waals surface area contributed by atoms with Gasteiger partial charge in [-0.05, 0) is 24.3 Å². The number of imidazole rings is 1. The highest BCUT2D eigenvalue weighted by Gasteiger charge is 2.31. The number of carbonyl (C=O) groups is 1. The van der Waals surface area contributed by atoms with Gasteiger partial charge in [0, 0.05) is 44.2 Å². The lowest BCUT2D eigenvalue weighted by molar-refractivity contribution is -0.117. The summed E-state index contributed by atoms with van der Waals surface area (Å²) in [5.74, 6) is 1.45. The van der Waals surface area contributed by atoms with Crippen LogP contribution in [0.3, 0.4) is 0 Å². The minimum Gasteiger partial charge on any atom is -0.497 e. The zero-order chi connectivity index (χ0) is 20.2. The number of benzene rings is 1. The molecular weight excluding hydrogens is 368 g/mol. The van der Waals surface area contributed by atoms with Gasteiger partial charge >= 0.3 is 0 Å². The normalized spacial score (nSPS) is 17.0. The van der Waals surface area contributed by atoms with Crippen molar-refractivity contribution < 1.29 is 9.53 Å². The SMILES string of the molecule is CN=C(NCc1cn2ccccc2n1)NC1CC(=O)N(c2cccc(OC)c2)C1. The van der Waals surface area contributed by atoms with Gasteiger partial charge in [0.25, 0.3) is 0 Å². The lowest BCUT2D eigenvalue weighted by Crippen LogP contribution is -2.44. The lowest BCUT2D eigenvalue weighted by atomic mass is 10.2. The van der Waals surface area contributed by atoms with Gasteiger partial charge in [-0.3, -0.25) is 9.79 Å². The summed E-state index contributed by atoms with van der Waals surface area (Å²) in [5, 5.41) is 6.61. The molecule has 150 valence electrons. The molecule has 8 heteroatoms. The fraction of sp³-hybridized carbons (Fsp3) is 0.286. The Hall–Kier alpha value is -3.55. The molecule has 1 saturated heterocycles. The maximum Gasteiger partial charge on any atom is 0.229 e. The van der Waals surface area contributed by atoms with E-state index in [0.29, 0.717) is 25.5 Å². The number of methoxy groups -OCH3 is 1. The number of aliphatic imine (C=N–C) groups is 1. The van der Waals surface area contributed by atoms with Crippen molar-refractivity contribution in [3.63, 3.8) is 0 Å². The Morgan fingerprint density at radius 1 is 1.31 bits per heavy atom. The molecule has 29 heavy (non-hydrogen) atoms. The Morgan fingerprint density at radius 2 is 2.21 bits per heavy atom. The summed E-state index contributed by atoms with van der Waals surface area (Å²) in [6.45, 7) is 1.11.